The second-order valence-electron chi connectivity index (χ2n) is 4.59. The van der Waals surface area contributed by atoms with Gasteiger partial charge in [-0.05, 0) is 12.0 Å². The van der Waals surface area contributed by atoms with Gasteiger partial charge in [0.2, 0.25) is 5.91 Å². The highest BCUT2D eigenvalue weighted by Crippen LogP contribution is 2.09. The van der Waals surface area contributed by atoms with Crippen molar-refractivity contribution in [2.24, 2.45) is 0 Å². The van der Waals surface area contributed by atoms with E-state index >= 15 is 0 Å². The van der Waals surface area contributed by atoms with Crippen molar-refractivity contribution >= 4 is 17.7 Å². The van der Waals surface area contributed by atoms with E-state index in [4.69, 9.17) is 5.11 Å². The molecule has 0 aromatic heterocycles. The van der Waals surface area contributed by atoms with Crippen molar-refractivity contribution in [3.8, 4) is 0 Å². The van der Waals surface area contributed by atoms with Crippen LogP contribution in [0.5, 0.6) is 0 Å². The number of alkyl halides is 1. The summed E-state index contributed by atoms with van der Waals surface area (Å²) in [6, 6.07) is 5.52. The second-order valence-corrected chi connectivity index (χ2v) is 4.59. The number of rotatable bonds is 8. The Bertz CT molecular complexity index is 513. The third-order valence-electron chi connectivity index (χ3n) is 3.05. The first-order valence-electron chi connectivity index (χ1n) is 6.68. The van der Waals surface area contributed by atoms with E-state index in [0.29, 0.717) is 5.56 Å². The van der Waals surface area contributed by atoms with E-state index < -0.39 is 24.6 Å². The topological polar surface area (TPSA) is 83.5 Å². The molecule has 1 amide bonds. The van der Waals surface area contributed by atoms with Gasteiger partial charge in [0.15, 0.2) is 11.8 Å². The number of aryl methyl sites for hydroxylation is 1. The number of Topliss-reactive ketones (excluding diaryl/α,β-unsaturated/α-hetero) is 1. The highest BCUT2D eigenvalue weighted by molar-refractivity contribution is 5.98. The first kappa shape index (κ1) is 16.8. The Hall–Kier alpha value is -2.24. The molecule has 0 heterocycles. The van der Waals surface area contributed by atoms with Gasteiger partial charge in [0.05, 0.1) is 0 Å². The smallest absolute Gasteiger partial charge is 0.328 e. The average Bonchev–Trinajstić information content (AvgIpc) is 2.49. The van der Waals surface area contributed by atoms with E-state index in [9.17, 15) is 18.8 Å². The quantitative estimate of drug-likeness (QED) is 0.716. The molecule has 0 aliphatic heterocycles. The number of benzene rings is 1. The minimum Gasteiger partial charge on any atom is -0.480 e. The number of amides is 1. The SMILES string of the molecule is CCc1ccc(C(=O)CCC(=O)NC(CF)C(=O)O)cc1. The number of hydrogen-bond acceptors (Lipinski definition) is 3. The fourth-order valence-corrected chi connectivity index (χ4v) is 1.73. The molecule has 2 N–H and O–H groups in total. The fraction of sp³-hybridized carbons (Fsp3) is 0.400. The Kier molecular flexibility index (Phi) is 6.52. The van der Waals surface area contributed by atoms with Gasteiger partial charge < -0.3 is 10.4 Å². The van der Waals surface area contributed by atoms with Crippen molar-refractivity contribution < 1.29 is 23.9 Å². The van der Waals surface area contributed by atoms with Gasteiger partial charge in [0.1, 0.15) is 6.67 Å². The summed E-state index contributed by atoms with van der Waals surface area (Å²) in [5.41, 5.74) is 1.61. The molecule has 5 nitrogen and oxygen atoms in total. The van der Waals surface area contributed by atoms with Crippen molar-refractivity contribution in [1.29, 1.82) is 0 Å². The number of ketones is 1. The molecule has 1 unspecified atom stereocenters. The largest absolute Gasteiger partial charge is 0.480 e. The van der Waals surface area contributed by atoms with Crippen LogP contribution >= 0.6 is 0 Å². The molecule has 0 spiro atoms. The molecule has 0 aliphatic rings. The zero-order chi connectivity index (χ0) is 15.8. The van der Waals surface area contributed by atoms with Crippen molar-refractivity contribution in [3.63, 3.8) is 0 Å². The van der Waals surface area contributed by atoms with Crippen LogP contribution in [-0.2, 0) is 16.0 Å². The van der Waals surface area contributed by atoms with Crippen molar-refractivity contribution in [3.05, 3.63) is 35.4 Å². The molecule has 0 saturated heterocycles. The average molecular weight is 295 g/mol. The predicted molar refractivity (Wildman–Crippen MR) is 74.9 cm³/mol. The zero-order valence-corrected chi connectivity index (χ0v) is 11.8. The van der Waals surface area contributed by atoms with Crippen LogP contribution in [0.4, 0.5) is 4.39 Å². The van der Waals surface area contributed by atoms with Crippen molar-refractivity contribution in [1.82, 2.24) is 5.32 Å². The Balaban J connectivity index is 2.48. The summed E-state index contributed by atoms with van der Waals surface area (Å²) >= 11 is 0. The number of carbonyl (C=O) groups excluding carboxylic acids is 2. The van der Waals surface area contributed by atoms with E-state index in [1.807, 2.05) is 24.4 Å². The fourth-order valence-electron chi connectivity index (χ4n) is 1.73. The van der Waals surface area contributed by atoms with Crippen LogP contribution in [0.15, 0.2) is 24.3 Å². The number of halogens is 1. The van der Waals surface area contributed by atoms with E-state index in [2.05, 4.69) is 0 Å². The zero-order valence-electron chi connectivity index (χ0n) is 11.8. The van der Waals surface area contributed by atoms with Gasteiger partial charge in [-0.3, -0.25) is 9.59 Å². The molecule has 1 aromatic rings. The van der Waals surface area contributed by atoms with Crippen LogP contribution in [0, 0.1) is 0 Å². The van der Waals surface area contributed by atoms with Crippen LogP contribution < -0.4 is 5.32 Å². The van der Waals surface area contributed by atoms with Gasteiger partial charge >= 0.3 is 5.97 Å². The summed E-state index contributed by atoms with van der Waals surface area (Å²) in [7, 11) is 0. The third kappa shape index (κ3) is 5.33. The maximum absolute atomic E-state index is 12.3. The molecule has 1 aromatic carbocycles. The molecule has 0 fully saturated rings. The van der Waals surface area contributed by atoms with Gasteiger partial charge in [0, 0.05) is 18.4 Å². The number of nitrogens with one attached hydrogen (secondary N) is 1. The predicted octanol–water partition coefficient (Wildman–Crippen LogP) is 1.75. The number of hydrogen-bond donors (Lipinski definition) is 2. The van der Waals surface area contributed by atoms with Gasteiger partial charge in [-0.25, -0.2) is 9.18 Å². The van der Waals surface area contributed by atoms with Crippen LogP contribution in [-0.4, -0.2) is 35.5 Å². The minimum absolute atomic E-state index is 0.0457. The maximum atomic E-state index is 12.3. The Labute approximate surface area is 122 Å². The van der Waals surface area contributed by atoms with Gasteiger partial charge in [0.25, 0.3) is 0 Å². The normalized spacial score (nSPS) is 11.7. The molecular weight excluding hydrogens is 277 g/mol. The summed E-state index contributed by atoms with van der Waals surface area (Å²) in [4.78, 5) is 33.9. The van der Waals surface area contributed by atoms with Crippen LogP contribution in [0.1, 0.15) is 35.7 Å². The lowest BCUT2D eigenvalue weighted by atomic mass is 10.0. The minimum atomic E-state index is -1.56. The van der Waals surface area contributed by atoms with E-state index in [1.54, 1.807) is 12.1 Å². The first-order chi connectivity index (χ1) is 9.97. The highest BCUT2D eigenvalue weighted by atomic mass is 19.1. The van der Waals surface area contributed by atoms with Crippen molar-refractivity contribution in [2.45, 2.75) is 32.2 Å². The summed E-state index contributed by atoms with van der Waals surface area (Å²) < 4.78 is 12.3. The molecule has 114 valence electrons. The van der Waals surface area contributed by atoms with E-state index in [-0.39, 0.29) is 18.6 Å². The number of aliphatic carboxylic acids is 1. The maximum Gasteiger partial charge on any atom is 0.328 e. The lowest BCUT2D eigenvalue weighted by Crippen LogP contribution is -2.42. The number of carbonyl (C=O) groups is 3. The lowest BCUT2D eigenvalue weighted by Gasteiger charge is -2.10. The monoisotopic (exact) mass is 295 g/mol. The first-order valence-corrected chi connectivity index (χ1v) is 6.68. The van der Waals surface area contributed by atoms with Gasteiger partial charge in [-0.2, -0.15) is 0 Å². The third-order valence-corrected chi connectivity index (χ3v) is 3.05. The van der Waals surface area contributed by atoms with E-state index in [0.717, 1.165) is 12.0 Å². The van der Waals surface area contributed by atoms with Gasteiger partial charge in [-0.1, -0.05) is 31.2 Å². The molecule has 1 atom stereocenters. The molecule has 0 bridgehead atoms. The lowest BCUT2D eigenvalue weighted by molar-refractivity contribution is -0.142. The molecule has 21 heavy (non-hydrogen) atoms. The van der Waals surface area contributed by atoms with Gasteiger partial charge in [-0.15, -0.1) is 0 Å². The summed E-state index contributed by atoms with van der Waals surface area (Å²) in [6.07, 6.45) is 0.657. The Morgan fingerprint density at radius 1 is 1.19 bits per heavy atom. The van der Waals surface area contributed by atoms with Crippen LogP contribution in [0.25, 0.3) is 0 Å². The van der Waals surface area contributed by atoms with Crippen molar-refractivity contribution in [2.75, 3.05) is 6.67 Å². The van der Waals surface area contributed by atoms with E-state index in [1.165, 1.54) is 0 Å². The Morgan fingerprint density at radius 3 is 2.29 bits per heavy atom. The Morgan fingerprint density at radius 2 is 1.81 bits per heavy atom. The standard InChI is InChI=1S/C15H18FNO4/c1-2-10-3-5-11(6-4-10)13(18)7-8-14(19)17-12(9-16)15(20)21/h3-6,12H,2,7-9H2,1H3,(H,17,19)(H,20,21). The molecule has 0 saturated carbocycles. The molecule has 6 heteroatoms. The summed E-state index contributed by atoms with van der Waals surface area (Å²) in [6.45, 7) is 0.818. The molecular formula is C15H18FNO4. The molecule has 0 radical (unpaired) electrons. The number of carboxylic acids is 1. The summed E-state index contributed by atoms with van der Waals surface area (Å²) in [5.74, 6) is -2.30. The summed E-state index contributed by atoms with van der Waals surface area (Å²) in [5, 5.41) is 10.6. The number of carboxylic acid groups (broad SMARTS) is 1. The highest BCUT2D eigenvalue weighted by Gasteiger charge is 2.19. The van der Waals surface area contributed by atoms with Crippen LogP contribution in [0.3, 0.4) is 0 Å². The van der Waals surface area contributed by atoms with Crippen LogP contribution in [0.2, 0.25) is 0 Å². The molecule has 1 rings (SSSR count). The molecule has 0 aliphatic carbocycles. The second kappa shape index (κ2) is 8.14.